The van der Waals surface area contributed by atoms with Gasteiger partial charge in [-0.25, -0.2) is 9.59 Å². The van der Waals surface area contributed by atoms with E-state index < -0.39 is 32.0 Å². The molecule has 0 saturated carbocycles. The smallest absolute Gasteiger partial charge is 0.408 e. The Morgan fingerprint density at radius 1 is 1.08 bits per heavy atom. The minimum absolute atomic E-state index is 0.146. The molecule has 0 heterocycles. The van der Waals surface area contributed by atoms with E-state index in [1.54, 1.807) is 20.8 Å². The molecule has 0 radical (unpaired) electrons. The Morgan fingerprint density at radius 2 is 1.64 bits per heavy atom. The number of methoxy groups -OCH3 is 1. The van der Waals surface area contributed by atoms with E-state index in [-0.39, 0.29) is 5.04 Å². The predicted octanol–water partition coefficient (Wildman–Crippen LogP) is 4.02. The van der Waals surface area contributed by atoms with Crippen molar-refractivity contribution in [3.05, 3.63) is 12.2 Å². The fraction of sp³-hybridized carbons (Fsp3) is 0.778. The number of esters is 1. The summed E-state index contributed by atoms with van der Waals surface area (Å²) in [5.41, 5.74) is -0.627. The number of carbonyl (C=O) groups is 2. The SMILES string of the molecule is COC(=O)[C@H](C/C=C/CO[Si](C)(C)C(C)(C)C)NC(=O)OC(C)(C)C. The first-order valence-corrected chi connectivity index (χ1v) is 11.5. The highest BCUT2D eigenvalue weighted by atomic mass is 28.4. The summed E-state index contributed by atoms with van der Waals surface area (Å²) in [7, 11) is -0.508. The number of rotatable bonds is 7. The average molecular weight is 374 g/mol. The second-order valence-corrected chi connectivity index (χ2v) is 13.3. The molecule has 0 aliphatic carbocycles. The molecule has 1 amide bonds. The van der Waals surface area contributed by atoms with Gasteiger partial charge in [-0.2, -0.15) is 0 Å². The van der Waals surface area contributed by atoms with Crippen molar-refractivity contribution in [2.24, 2.45) is 0 Å². The number of ether oxygens (including phenoxy) is 2. The number of amides is 1. The van der Waals surface area contributed by atoms with E-state index >= 15 is 0 Å². The standard InChI is InChI=1S/C18H35NO5Si/c1-17(2,3)24-16(21)19-14(15(20)22-7)12-10-11-13-23-25(8,9)18(4,5)6/h10-11,14H,12-13H2,1-9H3,(H,19,21)/b11-10+/t14-/m0/s1. The van der Waals surface area contributed by atoms with Crippen molar-refractivity contribution in [2.45, 2.75) is 77.7 Å². The van der Waals surface area contributed by atoms with Crippen LogP contribution in [0.1, 0.15) is 48.0 Å². The van der Waals surface area contributed by atoms with Crippen molar-refractivity contribution < 1.29 is 23.5 Å². The Bertz CT molecular complexity index is 475. The van der Waals surface area contributed by atoms with Gasteiger partial charge in [-0.1, -0.05) is 32.9 Å². The summed E-state index contributed by atoms with van der Waals surface area (Å²) in [6, 6.07) is -0.788. The highest BCUT2D eigenvalue weighted by Crippen LogP contribution is 2.36. The molecule has 0 fully saturated rings. The van der Waals surface area contributed by atoms with E-state index in [1.165, 1.54) is 7.11 Å². The largest absolute Gasteiger partial charge is 0.467 e. The zero-order valence-electron chi connectivity index (χ0n) is 17.2. The fourth-order valence-electron chi connectivity index (χ4n) is 1.58. The van der Waals surface area contributed by atoms with Crippen molar-refractivity contribution in [1.82, 2.24) is 5.32 Å². The Hall–Kier alpha value is -1.34. The number of alkyl carbamates (subject to hydrolysis) is 1. The van der Waals surface area contributed by atoms with Gasteiger partial charge in [-0.15, -0.1) is 0 Å². The molecule has 0 saturated heterocycles. The minimum Gasteiger partial charge on any atom is -0.467 e. The van der Waals surface area contributed by atoms with Crippen LogP contribution in [0.15, 0.2) is 12.2 Å². The van der Waals surface area contributed by atoms with Gasteiger partial charge in [0.05, 0.1) is 13.7 Å². The molecule has 0 aromatic rings. The zero-order chi connectivity index (χ0) is 19.9. The van der Waals surface area contributed by atoms with Gasteiger partial charge in [-0.3, -0.25) is 0 Å². The maximum Gasteiger partial charge on any atom is 0.408 e. The van der Waals surface area contributed by atoms with Crippen molar-refractivity contribution in [3.63, 3.8) is 0 Å². The molecule has 0 aliphatic heterocycles. The van der Waals surface area contributed by atoms with Gasteiger partial charge in [0, 0.05) is 0 Å². The lowest BCUT2D eigenvalue weighted by atomic mass is 10.2. The van der Waals surface area contributed by atoms with Crippen molar-refractivity contribution in [3.8, 4) is 0 Å². The fourth-order valence-corrected chi connectivity index (χ4v) is 2.53. The minimum atomic E-state index is -1.80. The highest BCUT2D eigenvalue weighted by molar-refractivity contribution is 6.74. The van der Waals surface area contributed by atoms with E-state index in [9.17, 15) is 9.59 Å². The van der Waals surface area contributed by atoms with Gasteiger partial charge in [0.1, 0.15) is 11.6 Å². The molecular formula is C18H35NO5Si. The predicted molar refractivity (Wildman–Crippen MR) is 102 cm³/mol. The average Bonchev–Trinajstić information content (AvgIpc) is 2.41. The number of hydrogen-bond acceptors (Lipinski definition) is 5. The first kappa shape index (κ1) is 23.7. The quantitative estimate of drug-likeness (QED) is 0.414. The monoisotopic (exact) mass is 373 g/mol. The van der Waals surface area contributed by atoms with E-state index in [0.717, 1.165) is 0 Å². The molecule has 146 valence electrons. The highest BCUT2D eigenvalue weighted by Gasteiger charge is 2.36. The van der Waals surface area contributed by atoms with Crippen LogP contribution < -0.4 is 5.32 Å². The second-order valence-electron chi connectivity index (χ2n) is 8.50. The van der Waals surface area contributed by atoms with Crippen LogP contribution in [0.4, 0.5) is 4.79 Å². The third-order valence-corrected chi connectivity index (χ3v) is 8.56. The number of nitrogens with one attached hydrogen (secondary N) is 1. The van der Waals surface area contributed by atoms with Crippen LogP contribution in [0.2, 0.25) is 18.1 Å². The lowest BCUT2D eigenvalue weighted by Gasteiger charge is -2.35. The van der Waals surface area contributed by atoms with E-state index in [4.69, 9.17) is 13.9 Å². The molecule has 0 unspecified atom stereocenters. The molecule has 6 nitrogen and oxygen atoms in total. The molecule has 1 N–H and O–H groups in total. The Balaban J connectivity index is 4.60. The van der Waals surface area contributed by atoms with E-state index in [1.807, 2.05) is 12.2 Å². The Morgan fingerprint density at radius 3 is 2.08 bits per heavy atom. The third-order valence-electron chi connectivity index (χ3n) is 4.06. The number of carbonyl (C=O) groups excluding carboxylic acids is 2. The Kier molecular flexibility index (Phi) is 8.88. The normalized spacial score (nSPS) is 14.3. The molecule has 7 heteroatoms. The molecular weight excluding hydrogens is 338 g/mol. The number of hydrogen-bond donors (Lipinski definition) is 1. The molecule has 0 aliphatic rings. The van der Waals surface area contributed by atoms with Crippen LogP contribution in [0.5, 0.6) is 0 Å². The Labute approximate surface area is 153 Å². The topological polar surface area (TPSA) is 73.9 Å². The van der Waals surface area contributed by atoms with Crippen LogP contribution in [0, 0.1) is 0 Å². The lowest BCUT2D eigenvalue weighted by Crippen LogP contribution is -2.43. The summed E-state index contributed by atoms with van der Waals surface area (Å²) in [5.74, 6) is -0.513. The molecule has 0 aromatic carbocycles. The van der Waals surface area contributed by atoms with Gasteiger partial charge in [0.25, 0.3) is 0 Å². The summed E-state index contributed by atoms with van der Waals surface area (Å²) < 4.78 is 15.9. The lowest BCUT2D eigenvalue weighted by molar-refractivity contribution is -0.143. The van der Waals surface area contributed by atoms with Crippen molar-refractivity contribution in [2.75, 3.05) is 13.7 Å². The summed E-state index contributed by atoms with van der Waals surface area (Å²) in [5, 5.41) is 2.68. The summed E-state index contributed by atoms with van der Waals surface area (Å²) in [6.07, 6.45) is 3.35. The van der Waals surface area contributed by atoms with Crippen molar-refractivity contribution in [1.29, 1.82) is 0 Å². The molecule has 1 atom stereocenters. The summed E-state index contributed by atoms with van der Waals surface area (Å²) >= 11 is 0. The van der Waals surface area contributed by atoms with Crippen LogP contribution in [0.25, 0.3) is 0 Å². The van der Waals surface area contributed by atoms with Gasteiger partial charge in [-0.05, 0) is 45.3 Å². The van der Waals surface area contributed by atoms with Crippen LogP contribution in [-0.2, 0) is 18.7 Å². The van der Waals surface area contributed by atoms with Gasteiger partial charge in [0.2, 0.25) is 0 Å². The molecule has 0 spiro atoms. The van der Waals surface area contributed by atoms with Crippen LogP contribution in [0.3, 0.4) is 0 Å². The summed E-state index contributed by atoms with van der Waals surface area (Å²) in [4.78, 5) is 23.7. The molecule has 0 bridgehead atoms. The van der Waals surface area contributed by atoms with Gasteiger partial charge in [0.15, 0.2) is 8.32 Å². The van der Waals surface area contributed by atoms with E-state index in [2.05, 4.69) is 39.2 Å². The first-order chi connectivity index (χ1) is 11.2. The molecule has 0 aromatic heterocycles. The molecule has 25 heavy (non-hydrogen) atoms. The van der Waals surface area contributed by atoms with E-state index in [0.29, 0.717) is 13.0 Å². The maximum atomic E-state index is 11.8. The van der Waals surface area contributed by atoms with Crippen molar-refractivity contribution >= 4 is 20.4 Å². The van der Waals surface area contributed by atoms with Crippen LogP contribution >= 0.6 is 0 Å². The maximum absolute atomic E-state index is 11.8. The molecule has 0 rings (SSSR count). The van der Waals surface area contributed by atoms with Gasteiger partial charge < -0.3 is 19.2 Å². The van der Waals surface area contributed by atoms with Crippen LogP contribution in [-0.4, -0.2) is 45.7 Å². The first-order valence-electron chi connectivity index (χ1n) is 8.56. The summed E-state index contributed by atoms with van der Waals surface area (Å²) in [6.45, 7) is 16.7. The zero-order valence-corrected chi connectivity index (χ0v) is 18.2. The van der Waals surface area contributed by atoms with Gasteiger partial charge >= 0.3 is 12.1 Å². The second kappa shape index (κ2) is 9.38. The third kappa shape index (κ3) is 9.65.